The molecule has 6 nitrogen and oxygen atoms in total. The van der Waals surface area contributed by atoms with Gasteiger partial charge in [-0.3, -0.25) is 0 Å². The van der Waals surface area contributed by atoms with Gasteiger partial charge in [0.1, 0.15) is 6.67 Å². The van der Waals surface area contributed by atoms with Crippen LogP contribution >= 0.6 is 0 Å². The maximum Gasteiger partial charge on any atom is 0.427 e. The lowest BCUT2D eigenvalue weighted by molar-refractivity contribution is -0.0813. The number of carbonyl (C=O) groups excluding carboxylic acids is 1. The van der Waals surface area contributed by atoms with Crippen molar-refractivity contribution in [1.82, 2.24) is 4.31 Å². The van der Waals surface area contributed by atoms with Crippen molar-refractivity contribution < 1.29 is 27.4 Å². The van der Waals surface area contributed by atoms with Gasteiger partial charge in [0.25, 0.3) is 10.0 Å². The van der Waals surface area contributed by atoms with Crippen LogP contribution in [0.15, 0.2) is 29.2 Å². The van der Waals surface area contributed by atoms with Crippen LogP contribution in [0, 0.1) is 6.92 Å². The number of hydrogen-bond donors (Lipinski definition) is 1. The lowest BCUT2D eigenvalue weighted by Crippen LogP contribution is -2.54. The Hall–Kier alpha value is -1.67. The third kappa shape index (κ3) is 2.04. The first-order valence-corrected chi connectivity index (χ1v) is 7.28. The number of aryl methyl sites for hydroxylation is 1. The van der Waals surface area contributed by atoms with Crippen molar-refractivity contribution in [2.45, 2.75) is 30.6 Å². The molecule has 0 bridgehead atoms. The molecule has 2 atom stereocenters. The number of halogens is 1. The first-order chi connectivity index (χ1) is 9.23. The van der Waals surface area contributed by atoms with Gasteiger partial charge in [-0.05, 0) is 26.0 Å². The van der Waals surface area contributed by atoms with Crippen LogP contribution in [-0.2, 0) is 14.8 Å². The highest BCUT2D eigenvalue weighted by molar-refractivity contribution is 7.89. The van der Waals surface area contributed by atoms with Crippen LogP contribution in [0.4, 0.5) is 9.18 Å². The second-order valence-corrected chi connectivity index (χ2v) is 6.41. The van der Waals surface area contributed by atoms with E-state index in [2.05, 4.69) is 4.74 Å². The quantitative estimate of drug-likeness (QED) is 0.906. The number of hydrogen-bond acceptors (Lipinski definition) is 5. The van der Waals surface area contributed by atoms with E-state index in [1.165, 1.54) is 31.2 Å². The van der Waals surface area contributed by atoms with E-state index in [-0.39, 0.29) is 9.20 Å². The highest BCUT2D eigenvalue weighted by Crippen LogP contribution is 2.34. The van der Waals surface area contributed by atoms with Crippen LogP contribution in [0.1, 0.15) is 12.5 Å². The largest absolute Gasteiger partial charge is 0.440 e. The summed E-state index contributed by atoms with van der Waals surface area (Å²) >= 11 is 0. The van der Waals surface area contributed by atoms with Gasteiger partial charge in [0, 0.05) is 0 Å². The zero-order valence-corrected chi connectivity index (χ0v) is 11.7. The molecule has 2 rings (SSSR count). The molecule has 8 heteroatoms. The highest BCUT2D eigenvalue weighted by atomic mass is 32.2. The van der Waals surface area contributed by atoms with Gasteiger partial charge < -0.3 is 9.84 Å². The number of aliphatic hydroxyl groups is 1. The standard InChI is InChI=1S/C12H14FNO5S/c1-8-3-5-10(6-4-8)20(17,18)14-11(15)19-9(2)12(14,16)7-13/h3-6,9,16H,7H2,1-2H3. The van der Waals surface area contributed by atoms with Gasteiger partial charge in [-0.2, -0.15) is 4.31 Å². The summed E-state index contributed by atoms with van der Waals surface area (Å²) in [7, 11) is -4.39. The fourth-order valence-corrected chi connectivity index (χ4v) is 3.45. The monoisotopic (exact) mass is 303 g/mol. The summed E-state index contributed by atoms with van der Waals surface area (Å²) in [6, 6.07) is 5.62. The van der Waals surface area contributed by atoms with E-state index in [1.54, 1.807) is 6.92 Å². The van der Waals surface area contributed by atoms with Crippen LogP contribution in [0.3, 0.4) is 0 Å². The Labute approximate surface area is 115 Å². The van der Waals surface area contributed by atoms with E-state index in [0.29, 0.717) is 0 Å². The fourth-order valence-electron chi connectivity index (χ4n) is 1.90. The number of nitrogens with zero attached hydrogens (tertiary/aromatic N) is 1. The summed E-state index contributed by atoms with van der Waals surface area (Å²) < 4.78 is 42.5. The fraction of sp³-hybridized carbons (Fsp3) is 0.417. The van der Waals surface area contributed by atoms with Crippen LogP contribution < -0.4 is 0 Å². The third-order valence-electron chi connectivity index (χ3n) is 3.20. The predicted molar refractivity (Wildman–Crippen MR) is 67.1 cm³/mol. The number of ether oxygens (including phenoxy) is 1. The van der Waals surface area contributed by atoms with E-state index in [0.717, 1.165) is 5.56 Å². The van der Waals surface area contributed by atoms with Crippen molar-refractivity contribution >= 4 is 16.1 Å². The molecular formula is C12H14FNO5S. The molecule has 110 valence electrons. The molecule has 1 N–H and O–H groups in total. The van der Waals surface area contributed by atoms with Gasteiger partial charge in [0.05, 0.1) is 4.90 Å². The molecule has 0 aliphatic carbocycles. The van der Waals surface area contributed by atoms with Crippen LogP contribution in [0.2, 0.25) is 0 Å². The topological polar surface area (TPSA) is 83.9 Å². The van der Waals surface area contributed by atoms with Gasteiger partial charge in [0.2, 0.25) is 5.72 Å². The van der Waals surface area contributed by atoms with Gasteiger partial charge in [-0.1, -0.05) is 17.7 Å². The molecule has 1 amide bonds. The van der Waals surface area contributed by atoms with Crippen molar-refractivity contribution in [2.75, 3.05) is 6.67 Å². The third-order valence-corrected chi connectivity index (χ3v) is 5.02. The van der Waals surface area contributed by atoms with Crippen LogP contribution in [0.5, 0.6) is 0 Å². The number of cyclic esters (lactones) is 1. The van der Waals surface area contributed by atoms with Crippen molar-refractivity contribution in [3.63, 3.8) is 0 Å². The van der Waals surface area contributed by atoms with Gasteiger partial charge >= 0.3 is 6.09 Å². The van der Waals surface area contributed by atoms with E-state index < -0.39 is 34.6 Å². The molecule has 20 heavy (non-hydrogen) atoms. The Morgan fingerprint density at radius 3 is 2.45 bits per heavy atom. The van der Waals surface area contributed by atoms with Gasteiger partial charge in [-0.15, -0.1) is 0 Å². The Bertz CT molecular complexity index is 630. The normalized spacial score (nSPS) is 26.7. The molecule has 1 heterocycles. The SMILES string of the molecule is Cc1ccc(S(=O)(=O)N2C(=O)OC(C)C2(O)CF)cc1. The molecule has 0 spiro atoms. The van der Waals surface area contributed by atoms with Crippen molar-refractivity contribution in [2.24, 2.45) is 0 Å². The number of amides is 1. The summed E-state index contributed by atoms with van der Waals surface area (Å²) in [4.78, 5) is 11.4. The average Bonchev–Trinajstić information content (AvgIpc) is 2.61. The van der Waals surface area contributed by atoms with Crippen molar-refractivity contribution in [1.29, 1.82) is 0 Å². The molecule has 1 saturated heterocycles. The molecule has 1 fully saturated rings. The first kappa shape index (κ1) is 14.7. The lowest BCUT2D eigenvalue weighted by atomic mass is 10.1. The molecular weight excluding hydrogens is 289 g/mol. The molecule has 1 aliphatic rings. The summed E-state index contributed by atoms with van der Waals surface area (Å²) in [6.45, 7) is 1.54. The zero-order valence-electron chi connectivity index (χ0n) is 10.9. The second-order valence-electron chi connectivity index (χ2n) is 4.62. The van der Waals surface area contributed by atoms with E-state index in [4.69, 9.17) is 0 Å². The number of alkyl halides is 1. The zero-order chi connectivity index (χ0) is 15.1. The minimum absolute atomic E-state index is 0.0648. The number of benzene rings is 1. The minimum Gasteiger partial charge on any atom is -0.440 e. The Morgan fingerprint density at radius 1 is 1.40 bits per heavy atom. The van der Waals surface area contributed by atoms with Crippen molar-refractivity contribution in [3.8, 4) is 0 Å². The molecule has 0 saturated carbocycles. The number of carbonyl (C=O) groups is 1. The Morgan fingerprint density at radius 2 is 1.95 bits per heavy atom. The van der Waals surface area contributed by atoms with E-state index in [1.807, 2.05) is 0 Å². The van der Waals surface area contributed by atoms with E-state index in [9.17, 15) is 22.7 Å². The summed E-state index contributed by atoms with van der Waals surface area (Å²) in [5.41, 5.74) is -1.71. The predicted octanol–water partition coefficient (Wildman–Crippen LogP) is 1.18. The minimum atomic E-state index is -4.39. The number of rotatable bonds is 3. The maximum atomic E-state index is 13.1. The van der Waals surface area contributed by atoms with Gasteiger partial charge in [-0.25, -0.2) is 17.6 Å². The summed E-state index contributed by atoms with van der Waals surface area (Å²) in [5.74, 6) is 0. The highest BCUT2D eigenvalue weighted by Gasteiger charge is 2.58. The number of sulfonamides is 1. The van der Waals surface area contributed by atoms with Crippen molar-refractivity contribution in [3.05, 3.63) is 29.8 Å². The van der Waals surface area contributed by atoms with Crippen LogP contribution in [-0.4, -0.2) is 42.4 Å². The molecule has 0 radical (unpaired) electrons. The maximum absolute atomic E-state index is 13.1. The smallest absolute Gasteiger partial charge is 0.427 e. The Kier molecular flexibility index (Phi) is 3.47. The first-order valence-electron chi connectivity index (χ1n) is 5.84. The van der Waals surface area contributed by atoms with Crippen LogP contribution in [0.25, 0.3) is 0 Å². The molecule has 1 aromatic rings. The second kappa shape index (κ2) is 4.71. The lowest BCUT2D eigenvalue weighted by Gasteiger charge is -2.29. The molecule has 0 aromatic heterocycles. The van der Waals surface area contributed by atoms with E-state index >= 15 is 0 Å². The molecule has 2 unspecified atom stereocenters. The Balaban J connectivity index is 2.53. The van der Waals surface area contributed by atoms with Gasteiger partial charge in [0.15, 0.2) is 6.10 Å². The summed E-state index contributed by atoms with van der Waals surface area (Å²) in [5, 5.41) is 10.1. The molecule has 1 aromatic carbocycles. The molecule has 1 aliphatic heterocycles. The summed E-state index contributed by atoms with van der Waals surface area (Å²) in [6.07, 6.45) is -2.58. The average molecular weight is 303 g/mol.